The van der Waals surface area contributed by atoms with Crippen molar-refractivity contribution in [2.75, 3.05) is 24.7 Å². The molecular weight excluding hydrogens is 536 g/mol. The Morgan fingerprint density at radius 3 is 2.46 bits per heavy atom. The van der Waals surface area contributed by atoms with Crippen molar-refractivity contribution in [3.8, 4) is 11.3 Å². The van der Waals surface area contributed by atoms with E-state index in [1.165, 1.54) is 5.56 Å². The Kier molecular flexibility index (Phi) is 6.62. The predicted molar refractivity (Wildman–Crippen MR) is 159 cm³/mol. The van der Waals surface area contributed by atoms with E-state index < -0.39 is 9.84 Å². The fourth-order valence-corrected chi connectivity index (χ4v) is 8.28. The van der Waals surface area contributed by atoms with E-state index in [0.717, 1.165) is 70.8 Å². The Bertz CT molecular complexity index is 1810. The van der Waals surface area contributed by atoms with Gasteiger partial charge in [-0.25, -0.2) is 18.1 Å². The molecule has 0 amide bonds. The van der Waals surface area contributed by atoms with Crippen LogP contribution in [0.25, 0.3) is 33.3 Å². The lowest BCUT2D eigenvalue weighted by molar-refractivity contribution is 0.0552. The molecule has 7 rings (SSSR count). The van der Waals surface area contributed by atoms with Gasteiger partial charge in [-0.1, -0.05) is 35.5 Å². The minimum atomic E-state index is -2.96. The molecule has 10 heteroatoms. The number of ether oxygens (including phenoxy) is 1. The van der Waals surface area contributed by atoms with Gasteiger partial charge in [-0.3, -0.25) is 4.98 Å². The number of aromatic nitrogens is 6. The number of nitrogens with zero attached hydrogens (tertiary/aromatic N) is 6. The molecule has 41 heavy (non-hydrogen) atoms. The van der Waals surface area contributed by atoms with Gasteiger partial charge in [0.05, 0.1) is 40.0 Å². The summed E-state index contributed by atoms with van der Waals surface area (Å²) in [6, 6.07) is 17.1. The Morgan fingerprint density at radius 1 is 1.00 bits per heavy atom. The zero-order valence-electron chi connectivity index (χ0n) is 23.4. The van der Waals surface area contributed by atoms with Crippen LogP contribution in [-0.4, -0.2) is 62.7 Å². The minimum Gasteiger partial charge on any atom is -0.381 e. The summed E-state index contributed by atoms with van der Waals surface area (Å²) < 4.78 is 34.3. The van der Waals surface area contributed by atoms with E-state index >= 15 is 0 Å². The van der Waals surface area contributed by atoms with Crippen LogP contribution in [0.5, 0.6) is 0 Å². The number of fused-ring (bicyclic) bond motifs is 3. The van der Waals surface area contributed by atoms with Crippen molar-refractivity contribution in [1.29, 1.82) is 0 Å². The van der Waals surface area contributed by atoms with Crippen LogP contribution >= 0.6 is 0 Å². The maximum absolute atomic E-state index is 12.2. The van der Waals surface area contributed by atoms with E-state index in [1.807, 2.05) is 20.2 Å². The van der Waals surface area contributed by atoms with Gasteiger partial charge in [-0.05, 0) is 62.3 Å². The number of aryl methyl sites for hydroxylation is 2. The van der Waals surface area contributed by atoms with Crippen LogP contribution in [0.1, 0.15) is 54.6 Å². The topological polar surface area (TPSA) is 105 Å². The first-order valence-corrected chi connectivity index (χ1v) is 16.2. The van der Waals surface area contributed by atoms with Gasteiger partial charge < -0.3 is 9.30 Å². The second-order valence-corrected chi connectivity index (χ2v) is 13.8. The van der Waals surface area contributed by atoms with Gasteiger partial charge in [0.1, 0.15) is 15.5 Å². The highest BCUT2D eigenvalue weighted by Crippen LogP contribution is 2.41. The molecular formula is C31H34N6O3S. The molecule has 4 aromatic heterocycles. The molecule has 1 atom stereocenters. The lowest BCUT2D eigenvalue weighted by atomic mass is 9.86. The smallest absolute Gasteiger partial charge is 0.150 e. The highest BCUT2D eigenvalue weighted by Gasteiger charge is 2.32. The molecule has 2 aliphatic heterocycles. The van der Waals surface area contributed by atoms with E-state index in [0.29, 0.717) is 18.8 Å². The normalized spacial score (nSPS) is 19.2. The van der Waals surface area contributed by atoms with Gasteiger partial charge in [0, 0.05) is 49.0 Å². The summed E-state index contributed by atoms with van der Waals surface area (Å²) in [4.78, 5) is 10.3. The third-order valence-corrected chi connectivity index (χ3v) is 10.6. The molecule has 0 bridgehead atoms. The van der Waals surface area contributed by atoms with Crippen molar-refractivity contribution in [3.63, 3.8) is 0 Å². The number of benzene rings is 1. The molecule has 2 fully saturated rings. The van der Waals surface area contributed by atoms with Gasteiger partial charge in [-0.2, -0.15) is 0 Å². The number of hydrogen-bond acceptors (Lipinski definition) is 7. The van der Waals surface area contributed by atoms with Crippen LogP contribution in [0.3, 0.4) is 0 Å². The maximum Gasteiger partial charge on any atom is 0.150 e. The molecule has 0 aliphatic carbocycles. The lowest BCUT2D eigenvalue weighted by Gasteiger charge is -2.33. The Balaban J connectivity index is 1.48. The van der Waals surface area contributed by atoms with Crippen LogP contribution in [0.2, 0.25) is 0 Å². The van der Waals surface area contributed by atoms with Crippen LogP contribution in [0.15, 0.2) is 54.7 Å². The zero-order chi connectivity index (χ0) is 28.1. The van der Waals surface area contributed by atoms with Gasteiger partial charge in [0.25, 0.3) is 0 Å². The number of pyridine rings is 2. The summed E-state index contributed by atoms with van der Waals surface area (Å²) in [6.07, 6.45) is 5.04. The van der Waals surface area contributed by atoms with E-state index in [1.54, 1.807) is 4.68 Å². The average Bonchev–Trinajstić information content (AvgIpc) is 3.49. The fourth-order valence-electron chi connectivity index (χ4n) is 6.78. The first kappa shape index (κ1) is 26.3. The summed E-state index contributed by atoms with van der Waals surface area (Å²) in [6.45, 7) is 3.45. The second-order valence-electron chi connectivity index (χ2n) is 11.4. The third-order valence-electron chi connectivity index (χ3n) is 8.88. The second kappa shape index (κ2) is 10.3. The first-order valence-electron chi connectivity index (χ1n) is 14.4. The van der Waals surface area contributed by atoms with Crippen molar-refractivity contribution in [2.24, 2.45) is 13.0 Å². The van der Waals surface area contributed by atoms with Crippen LogP contribution in [-0.2, 0) is 21.6 Å². The van der Waals surface area contributed by atoms with Crippen molar-refractivity contribution in [2.45, 2.75) is 44.6 Å². The van der Waals surface area contributed by atoms with E-state index in [-0.39, 0.29) is 23.5 Å². The molecule has 2 aliphatic rings. The first-order chi connectivity index (χ1) is 19.9. The standard InChI is InChI=1S/C31H34N6O3S/c1-20-29(36(2)35-34-20)24-18-27-28(32-19-24)25-8-9-26(21-12-16-41(38,39)17-13-21)33-31(25)37(27)30(22-6-4-3-5-7-22)23-10-14-40-15-11-23/h3-9,18-19,21,23,30H,10-17H2,1-2H3/t30-/m1/s1. The van der Waals surface area contributed by atoms with Crippen molar-refractivity contribution < 1.29 is 13.2 Å². The van der Waals surface area contributed by atoms with Gasteiger partial charge >= 0.3 is 0 Å². The summed E-state index contributed by atoms with van der Waals surface area (Å²) in [5, 5.41) is 9.51. The Morgan fingerprint density at radius 2 is 1.76 bits per heavy atom. The minimum absolute atomic E-state index is 0.0393. The quantitative estimate of drug-likeness (QED) is 0.293. The summed E-state index contributed by atoms with van der Waals surface area (Å²) in [7, 11) is -1.05. The van der Waals surface area contributed by atoms with Gasteiger partial charge in [-0.15, -0.1) is 5.10 Å². The van der Waals surface area contributed by atoms with Gasteiger partial charge in [0.2, 0.25) is 0 Å². The van der Waals surface area contributed by atoms with E-state index in [4.69, 9.17) is 14.7 Å². The Hall–Kier alpha value is -3.63. The molecule has 1 aromatic carbocycles. The molecule has 5 aromatic rings. The van der Waals surface area contributed by atoms with Crippen LogP contribution in [0.4, 0.5) is 0 Å². The number of rotatable bonds is 5. The predicted octanol–water partition coefficient (Wildman–Crippen LogP) is 5.00. The average molecular weight is 571 g/mol. The van der Waals surface area contributed by atoms with E-state index in [2.05, 4.69) is 63.4 Å². The highest BCUT2D eigenvalue weighted by molar-refractivity contribution is 7.91. The zero-order valence-corrected chi connectivity index (χ0v) is 24.2. The van der Waals surface area contributed by atoms with Crippen molar-refractivity contribution >= 4 is 31.9 Å². The molecule has 212 valence electrons. The number of sulfone groups is 1. The molecule has 6 heterocycles. The molecule has 0 radical (unpaired) electrons. The third kappa shape index (κ3) is 4.72. The molecule has 0 saturated carbocycles. The summed E-state index contributed by atoms with van der Waals surface area (Å²) >= 11 is 0. The van der Waals surface area contributed by atoms with Gasteiger partial charge in [0.15, 0.2) is 0 Å². The summed E-state index contributed by atoms with van der Waals surface area (Å²) in [5.41, 5.74) is 7.78. The monoisotopic (exact) mass is 570 g/mol. The van der Waals surface area contributed by atoms with Crippen LogP contribution < -0.4 is 0 Å². The highest BCUT2D eigenvalue weighted by atomic mass is 32.2. The van der Waals surface area contributed by atoms with Crippen molar-refractivity contribution in [3.05, 3.63) is 71.7 Å². The molecule has 0 unspecified atom stereocenters. The maximum atomic E-state index is 12.2. The molecule has 2 saturated heterocycles. The molecule has 9 nitrogen and oxygen atoms in total. The largest absolute Gasteiger partial charge is 0.381 e. The summed E-state index contributed by atoms with van der Waals surface area (Å²) in [5.74, 6) is 0.925. The molecule has 0 N–H and O–H groups in total. The SMILES string of the molecule is Cc1nnn(C)c1-c1cnc2c3ccc(C4CCS(=O)(=O)CC4)nc3n([C@H](c3ccccc3)C3CCOCC3)c2c1. The van der Waals surface area contributed by atoms with Crippen molar-refractivity contribution in [1.82, 2.24) is 29.5 Å². The molecule has 0 spiro atoms. The lowest BCUT2D eigenvalue weighted by Crippen LogP contribution is -2.27. The van der Waals surface area contributed by atoms with E-state index in [9.17, 15) is 8.42 Å². The fraction of sp³-hybridized carbons (Fsp3) is 0.419. The number of hydrogen-bond donors (Lipinski definition) is 0. The Labute approximate surface area is 239 Å². The van der Waals surface area contributed by atoms with Crippen LogP contribution in [0, 0.1) is 12.8 Å².